The fourth-order valence-corrected chi connectivity index (χ4v) is 6.88. The van der Waals surface area contributed by atoms with Crippen molar-refractivity contribution < 1.29 is 13.2 Å². The molecule has 10 heteroatoms. The molecular formula is C24H29N5O3S2. The van der Waals surface area contributed by atoms with Crippen LogP contribution in [0.5, 0.6) is 0 Å². The first-order valence-corrected chi connectivity index (χ1v) is 14.0. The fraction of sp³-hybridized carbons (Fsp3) is 0.458. The first kappa shape index (κ1) is 23.2. The third kappa shape index (κ3) is 4.94. The van der Waals surface area contributed by atoms with E-state index in [1.165, 1.54) is 5.69 Å². The van der Waals surface area contributed by atoms with Crippen LogP contribution in [0.3, 0.4) is 0 Å². The van der Waals surface area contributed by atoms with Gasteiger partial charge in [0.05, 0.1) is 11.7 Å². The van der Waals surface area contributed by atoms with E-state index in [9.17, 15) is 13.2 Å². The smallest absolute Gasteiger partial charge is 0.242 e. The van der Waals surface area contributed by atoms with Crippen LogP contribution < -0.4 is 9.62 Å². The standard InChI is InChI=1S/C24H29N5O3S2/c30-24(29-15-13-28(14-16-29)20-5-2-1-3-6-20)19-11-9-18(10-12-19)17-25-34(31,32)22-8-4-7-21-23(22)27-33-26-21/h1-8,18-19,25H,9-17H2. The summed E-state index contributed by atoms with van der Waals surface area (Å²) in [6.07, 6.45) is 3.34. The van der Waals surface area contributed by atoms with Crippen molar-refractivity contribution in [3.05, 3.63) is 48.5 Å². The topological polar surface area (TPSA) is 95.5 Å². The lowest BCUT2D eigenvalue weighted by molar-refractivity contribution is -0.137. The highest BCUT2D eigenvalue weighted by Crippen LogP contribution is 2.31. The molecule has 0 spiro atoms. The average Bonchev–Trinajstić information content (AvgIpc) is 3.37. The van der Waals surface area contributed by atoms with Gasteiger partial charge in [-0.3, -0.25) is 4.79 Å². The fourth-order valence-electron chi connectivity index (χ4n) is 5.00. The van der Waals surface area contributed by atoms with E-state index in [4.69, 9.17) is 0 Å². The van der Waals surface area contributed by atoms with Crippen LogP contribution in [0.25, 0.3) is 11.0 Å². The van der Waals surface area contributed by atoms with Gasteiger partial charge in [0.25, 0.3) is 0 Å². The maximum atomic E-state index is 13.1. The Morgan fingerprint density at radius 2 is 1.68 bits per heavy atom. The summed E-state index contributed by atoms with van der Waals surface area (Å²) >= 11 is 1.01. The lowest BCUT2D eigenvalue weighted by Gasteiger charge is -2.38. The molecule has 2 aliphatic rings. The Morgan fingerprint density at radius 3 is 2.41 bits per heavy atom. The Kier molecular flexibility index (Phi) is 6.80. The van der Waals surface area contributed by atoms with Crippen LogP contribution in [0.15, 0.2) is 53.4 Å². The van der Waals surface area contributed by atoms with E-state index in [2.05, 4.69) is 30.5 Å². The van der Waals surface area contributed by atoms with Crippen LogP contribution in [-0.4, -0.2) is 60.7 Å². The Bertz CT molecular complexity index is 1230. The van der Waals surface area contributed by atoms with Crippen molar-refractivity contribution in [1.82, 2.24) is 18.4 Å². The number of anilines is 1. The lowest BCUT2D eigenvalue weighted by atomic mass is 9.81. The van der Waals surface area contributed by atoms with Crippen molar-refractivity contribution in [2.45, 2.75) is 30.6 Å². The molecule has 0 radical (unpaired) electrons. The molecule has 1 N–H and O–H groups in total. The largest absolute Gasteiger partial charge is 0.368 e. The van der Waals surface area contributed by atoms with E-state index < -0.39 is 10.0 Å². The second-order valence-corrected chi connectivity index (χ2v) is 11.4. The predicted octanol–water partition coefficient (Wildman–Crippen LogP) is 3.12. The Labute approximate surface area is 204 Å². The minimum Gasteiger partial charge on any atom is -0.368 e. The number of para-hydroxylation sites is 1. The van der Waals surface area contributed by atoms with Crippen LogP contribution in [0.2, 0.25) is 0 Å². The molecule has 1 amide bonds. The number of aromatic nitrogens is 2. The minimum absolute atomic E-state index is 0.0472. The molecule has 1 aromatic heterocycles. The zero-order chi connectivity index (χ0) is 23.5. The van der Waals surface area contributed by atoms with Gasteiger partial charge in [-0.05, 0) is 55.9 Å². The molecule has 2 heterocycles. The van der Waals surface area contributed by atoms with Crippen molar-refractivity contribution in [2.24, 2.45) is 11.8 Å². The number of hydrogen-bond donors (Lipinski definition) is 1. The van der Waals surface area contributed by atoms with Crippen molar-refractivity contribution in [1.29, 1.82) is 0 Å². The van der Waals surface area contributed by atoms with Crippen LogP contribution in [-0.2, 0) is 14.8 Å². The Morgan fingerprint density at radius 1 is 0.941 bits per heavy atom. The number of amides is 1. The highest BCUT2D eigenvalue weighted by Gasteiger charge is 2.32. The van der Waals surface area contributed by atoms with Gasteiger partial charge in [0.15, 0.2) is 0 Å². The van der Waals surface area contributed by atoms with E-state index in [1.807, 2.05) is 23.1 Å². The summed E-state index contributed by atoms with van der Waals surface area (Å²) in [5.41, 5.74) is 2.22. The van der Waals surface area contributed by atoms with E-state index in [0.717, 1.165) is 63.6 Å². The molecule has 1 aliphatic heterocycles. The van der Waals surface area contributed by atoms with Gasteiger partial charge in [-0.15, -0.1) is 0 Å². The molecule has 0 bridgehead atoms. The molecule has 2 aromatic carbocycles. The molecular weight excluding hydrogens is 470 g/mol. The molecule has 5 rings (SSSR count). The van der Waals surface area contributed by atoms with Crippen LogP contribution >= 0.6 is 11.7 Å². The van der Waals surface area contributed by atoms with Crippen molar-refractivity contribution in [3.8, 4) is 0 Å². The highest BCUT2D eigenvalue weighted by molar-refractivity contribution is 7.89. The molecule has 34 heavy (non-hydrogen) atoms. The van der Waals surface area contributed by atoms with Gasteiger partial charge in [0, 0.05) is 44.3 Å². The van der Waals surface area contributed by atoms with Gasteiger partial charge < -0.3 is 9.80 Å². The van der Waals surface area contributed by atoms with E-state index in [-0.39, 0.29) is 22.6 Å². The number of carbonyl (C=O) groups is 1. The maximum absolute atomic E-state index is 13.1. The number of carbonyl (C=O) groups excluding carboxylic acids is 1. The summed E-state index contributed by atoms with van der Waals surface area (Å²) in [6, 6.07) is 15.3. The first-order chi connectivity index (χ1) is 16.5. The number of hydrogen-bond acceptors (Lipinski definition) is 7. The molecule has 180 valence electrons. The van der Waals surface area contributed by atoms with Crippen LogP contribution in [0, 0.1) is 11.8 Å². The maximum Gasteiger partial charge on any atom is 0.242 e. The van der Waals surface area contributed by atoms with Gasteiger partial charge >= 0.3 is 0 Å². The zero-order valence-electron chi connectivity index (χ0n) is 19.0. The van der Waals surface area contributed by atoms with Crippen molar-refractivity contribution >= 4 is 44.4 Å². The molecule has 8 nitrogen and oxygen atoms in total. The number of benzene rings is 2. The number of sulfonamides is 1. The molecule has 0 unspecified atom stereocenters. The monoisotopic (exact) mass is 499 g/mol. The molecule has 3 aromatic rings. The third-order valence-corrected chi connectivity index (χ3v) is 9.01. The second kappa shape index (κ2) is 9.97. The van der Waals surface area contributed by atoms with E-state index in [0.29, 0.717) is 17.6 Å². The van der Waals surface area contributed by atoms with Gasteiger partial charge in [0.2, 0.25) is 15.9 Å². The second-order valence-electron chi connectivity index (χ2n) is 9.11. The molecule has 2 fully saturated rings. The van der Waals surface area contributed by atoms with Gasteiger partial charge in [-0.25, -0.2) is 13.1 Å². The summed E-state index contributed by atoms with van der Waals surface area (Å²) in [7, 11) is -3.66. The third-order valence-electron chi connectivity index (χ3n) is 7.01. The molecule has 0 atom stereocenters. The summed E-state index contributed by atoms with van der Waals surface area (Å²) in [5.74, 6) is 0.543. The number of piperazine rings is 1. The first-order valence-electron chi connectivity index (χ1n) is 11.8. The van der Waals surface area contributed by atoms with Gasteiger partial charge in [-0.1, -0.05) is 24.3 Å². The number of rotatable bonds is 6. The normalized spacial score (nSPS) is 21.6. The average molecular weight is 500 g/mol. The number of nitrogens with zero attached hydrogens (tertiary/aromatic N) is 4. The number of fused-ring (bicyclic) bond motifs is 1. The Hall–Kier alpha value is -2.56. The quantitative estimate of drug-likeness (QED) is 0.560. The van der Waals surface area contributed by atoms with Crippen LogP contribution in [0.1, 0.15) is 25.7 Å². The minimum atomic E-state index is -3.66. The molecule has 1 saturated heterocycles. The van der Waals surface area contributed by atoms with E-state index in [1.54, 1.807) is 18.2 Å². The molecule has 1 aliphatic carbocycles. The van der Waals surface area contributed by atoms with Crippen molar-refractivity contribution in [2.75, 3.05) is 37.6 Å². The summed E-state index contributed by atoms with van der Waals surface area (Å²) in [6.45, 7) is 3.60. The highest BCUT2D eigenvalue weighted by atomic mass is 32.2. The van der Waals surface area contributed by atoms with Crippen molar-refractivity contribution in [3.63, 3.8) is 0 Å². The zero-order valence-corrected chi connectivity index (χ0v) is 20.6. The number of nitrogens with one attached hydrogen (secondary N) is 1. The summed E-state index contributed by atoms with van der Waals surface area (Å²) in [4.78, 5) is 17.6. The molecule has 1 saturated carbocycles. The summed E-state index contributed by atoms with van der Waals surface area (Å²) < 4.78 is 36.7. The lowest BCUT2D eigenvalue weighted by Crippen LogP contribution is -2.50. The van der Waals surface area contributed by atoms with Crippen LogP contribution in [0.4, 0.5) is 5.69 Å². The Balaban J connectivity index is 1.10. The summed E-state index contributed by atoms with van der Waals surface area (Å²) in [5, 5.41) is 0. The SMILES string of the molecule is O=C(C1CCC(CNS(=O)(=O)c2cccc3nsnc23)CC1)N1CCN(c2ccccc2)CC1. The van der Waals surface area contributed by atoms with Gasteiger partial charge in [-0.2, -0.15) is 8.75 Å². The predicted molar refractivity (Wildman–Crippen MR) is 133 cm³/mol. The van der Waals surface area contributed by atoms with Gasteiger partial charge in [0.1, 0.15) is 15.9 Å². The van der Waals surface area contributed by atoms with E-state index >= 15 is 0 Å².